The van der Waals surface area contributed by atoms with E-state index in [4.69, 9.17) is 4.74 Å². The van der Waals surface area contributed by atoms with E-state index in [9.17, 15) is 9.90 Å². The Kier molecular flexibility index (Phi) is 5.01. The van der Waals surface area contributed by atoms with Crippen molar-refractivity contribution in [2.75, 3.05) is 19.7 Å². The molecule has 4 nitrogen and oxygen atoms in total. The monoisotopic (exact) mass is 255 g/mol. The second-order valence-corrected chi connectivity index (χ2v) is 5.50. The van der Waals surface area contributed by atoms with Crippen LogP contribution >= 0.6 is 0 Å². The fraction of sp³-hybridized carbons (Fsp3) is 0.929. The minimum atomic E-state index is -0.524. The predicted octanol–water partition coefficient (Wildman–Crippen LogP) is 1.56. The van der Waals surface area contributed by atoms with Crippen LogP contribution in [0.4, 0.5) is 0 Å². The first-order valence-corrected chi connectivity index (χ1v) is 7.31. The molecule has 0 aromatic carbocycles. The van der Waals surface area contributed by atoms with Gasteiger partial charge in [-0.3, -0.25) is 9.69 Å². The van der Waals surface area contributed by atoms with Gasteiger partial charge in [-0.15, -0.1) is 0 Å². The Labute approximate surface area is 109 Å². The van der Waals surface area contributed by atoms with Gasteiger partial charge in [0.1, 0.15) is 0 Å². The second kappa shape index (κ2) is 6.53. The number of ether oxygens (including phenoxy) is 1. The van der Waals surface area contributed by atoms with Gasteiger partial charge in [0.2, 0.25) is 0 Å². The molecule has 0 aromatic rings. The molecular weight excluding hydrogens is 230 g/mol. The molecule has 104 valence electrons. The summed E-state index contributed by atoms with van der Waals surface area (Å²) in [4.78, 5) is 14.2. The summed E-state index contributed by atoms with van der Waals surface area (Å²) >= 11 is 0. The minimum absolute atomic E-state index is 0.231. The van der Waals surface area contributed by atoms with E-state index in [0.717, 1.165) is 6.54 Å². The van der Waals surface area contributed by atoms with Gasteiger partial charge in [0.05, 0.1) is 18.6 Å². The fourth-order valence-electron chi connectivity index (χ4n) is 3.22. The number of aliphatic hydroxyl groups is 1. The van der Waals surface area contributed by atoms with E-state index >= 15 is 0 Å². The van der Waals surface area contributed by atoms with E-state index in [1.54, 1.807) is 0 Å². The van der Waals surface area contributed by atoms with E-state index in [1.807, 2.05) is 6.92 Å². The van der Waals surface area contributed by atoms with Gasteiger partial charge in [-0.25, -0.2) is 0 Å². The van der Waals surface area contributed by atoms with E-state index in [2.05, 4.69) is 4.90 Å². The van der Waals surface area contributed by atoms with Crippen molar-refractivity contribution in [2.24, 2.45) is 5.92 Å². The zero-order valence-corrected chi connectivity index (χ0v) is 11.3. The number of hydrogen-bond donors (Lipinski definition) is 1. The Hall–Kier alpha value is -0.610. The van der Waals surface area contributed by atoms with Gasteiger partial charge in [-0.2, -0.15) is 0 Å². The number of rotatable bonds is 3. The van der Waals surface area contributed by atoms with Crippen molar-refractivity contribution in [1.29, 1.82) is 0 Å². The molecule has 0 amide bonds. The van der Waals surface area contributed by atoms with Crippen LogP contribution in [0.3, 0.4) is 0 Å². The third-order valence-corrected chi connectivity index (χ3v) is 4.29. The molecule has 0 bridgehead atoms. The number of piperidine rings is 1. The van der Waals surface area contributed by atoms with Gasteiger partial charge < -0.3 is 9.84 Å². The van der Waals surface area contributed by atoms with Crippen LogP contribution in [0, 0.1) is 5.92 Å². The molecule has 1 aliphatic carbocycles. The Morgan fingerprint density at radius 3 is 2.67 bits per heavy atom. The van der Waals surface area contributed by atoms with Crippen molar-refractivity contribution in [3.8, 4) is 0 Å². The van der Waals surface area contributed by atoms with Crippen LogP contribution in [-0.4, -0.2) is 47.8 Å². The van der Waals surface area contributed by atoms with Gasteiger partial charge in [0, 0.05) is 19.1 Å². The van der Waals surface area contributed by atoms with Gasteiger partial charge in [-0.05, 0) is 26.2 Å². The molecule has 0 aromatic heterocycles. The molecule has 2 unspecified atom stereocenters. The van der Waals surface area contributed by atoms with Crippen LogP contribution in [0.25, 0.3) is 0 Å². The largest absolute Gasteiger partial charge is 0.466 e. The average Bonchev–Trinajstić information content (AvgIpc) is 2.40. The van der Waals surface area contributed by atoms with Crippen molar-refractivity contribution in [2.45, 2.75) is 57.6 Å². The van der Waals surface area contributed by atoms with E-state index in [0.29, 0.717) is 25.6 Å². The normalized spacial score (nSPS) is 31.2. The summed E-state index contributed by atoms with van der Waals surface area (Å²) in [5, 5.41) is 9.95. The zero-order chi connectivity index (χ0) is 13.0. The van der Waals surface area contributed by atoms with Crippen molar-refractivity contribution in [1.82, 2.24) is 4.90 Å². The van der Waals surface area contributed by atoms with Gasteiger partial charge in [-0.1, -0.05) is 19.3 Å². The Bertz CT molecular complexity index is 276. The number of nitrogens with zero attached hydrogens (tertiary/aromatic N) is 1. The van der Waals surface area contributed by atoms with E-state index in [-0.39, 0.29) is 11.9 Å². The molecule has 1 saturated carbocycles. The molecule has 1 aliphatic heterocycles. The maximum atomic E-state index is 11.8. The Morgan fingerprint density at radius 1 is 1.28 bits per heavy atom. The van der Waals surface area contributed by atoms with Crippen LogP contribution in [0.1, 0.15) is 45.4 Å². The number of aliphatic hydroxyl groups excluding tert-OH is 1. The van der Waals surface area contributed by atoms with Gasteiger partial charge in [0.25, 0.3) is 0 Å². The summed E-state index contributed by atoms with van der Waals surface area (Å²) in [5.74, 6) is -0.578. The third-order valence-electron chi connectivity index (χ3n) is 4.29. The van der Waals surface area contributed by atoms with E-state index < -0.39 is 6.10 Å². The molecule has 2 atom stereocenters. The van der Waals surface area contributed by atoms with Crippen molar-refractivity contribution >= 4 is 5.97 Å². The lowest BCUT2D eigenvalue weighted by molar-refractivity contribution is -0.156. The summed E-state index contributed by atoms with van der Waals surface area (Å²) in [6.07, 6.45) is 6.59. The number of carbonyl (C=O) groups is 1. The lowest BCUT2D eigenvalue weighted by Gasteiger charge is -2.41. The van der Waals surface area contributed by atoms with Crippen LogP contribution in [-0.2, 0) is 9.53 Å². The molecule has 2 rings (SSSR count). The minimum Gasteiger partial charge on any atom is -0.466 e. The molecule has 2 fully saturated rings. The summed E-state index contributed by atoms with van der Waals surface area (Å²) in [6.45, 7) is 3.80. The quantitative estimate of drug-likeness (QED) is 0.778. The number of esters is 1. The third kappa shape index (κ3) is 3.23. The highest BCUT2D eigenvalue weighted by Crippen LogP contribution is 2.27. The summed E-state index contributed by atoms with van der Waals surface area (Å²) < 4.78 is 5.06. The summed E-state index contributed by atoms with van der Waals surface area (Å²) in [7, 11) is 0. The number of likely N-dealkylation sites (tertiary alicyclic amines) is 1. The highest BCUT2D eigenvalue weighted by molar-refractivity contribution is 5.73. The molecule has 2 aliphatic rings. The Morgan fingerprint density at radius 2 is 2.00 bits per heavy atom. The van der Waals surface area contributed by atoms with Crippen LogP contribution in [0.15, 0.2) is 0 Å². The van der Waals surface area contributed by atoms with Crippen molar-refractivity contribution < 1.29 is 14.6 Å². The summed E-state index contributed by atoms with van der Waals surface area (Å²) in [5.41, 5.74) is 0. The molecule has 4 heteroatoms. The molecule has 1 N–H and O–H groups in total. The SMILES string of the molecule is CCOC(=O)C1CN(C2CCCCC2)CCC1O. The topological polar surface area (TPSA) is 49.8 Å². The van der Waals surface area contributed by atoms with Crippen LogP contribution < -0.4 is 0 Å². The first-order valence-electron chi connectivity index (χ1n) is 7.31. The standard InChI is InChI=1S/C14H25NO3/c1-2-18-14(17)12-10-15(9-8-13(12)16)11-6-4-3-5-7-11/h11-13,16H,2-10H2,1H3. The van der Waals surface area contributed by atoms with Gasteiger partial charge in [0.15, 0.2) is 0 Å². The fourth-order valence-corrected chi connectivity index (χ4v) is 3.22. The van der Waals surface area contributed by atoms with Crippen LogP contribution in [0.5, 0.6) is 0 Å². The molecule has 1 saturated heterocycles. The summed E-state index contributed by atoms with van der Waals surface area (Å²) in [6, 6.07) is 0.614. The molecule has 1 heterocycles. The molecule has 0 radical (unpaired) electrons. The van der Waals surface area contributed by atoms with Crippen molar-refractivity contribution in [3.05, 3.63) is 0 Å². The highest BCUT2D eigenvalue weighted by atomic mass is 16.5. The lowest BCUT2D eigenvalue weighted by Crippen LogP contribution is -2.51. The lowest BCUT2D eigenvalue weighted by atomic mass is 9.89. The first-order chi connectivity index (χ1) is 8.72. The van der Waals surface area contributed by atoms with E-state index in [1.165, 1.54) is 32.1 Å². The van der Waals surface area contributed by atoms with Crippen molar-refractivity contribution in [3.63, 3.8) is 0 Å². The smallest absolute Gasteiger partial charge is 0.312 e. The molecule has 18 heavy (non-hydrogen) atoms. The molecule has 0 spiro atoms. The predicted molar refractivity (Wildman–Crippen MR) is 69.2 cm³/mol. The Balaban J connectivity index is 1.92. The molecular formula is C14H25NO3. The average molecular weight is 255 g/mol. The number of carbonyl (C=O) groups excluding carboxylic acids is 1. The maximum Gasteiger partial charge on any atom is 0.312 e. The maximum absolute atomic E-state index is 11.8. The van der Waals surface area contributed by atoms with Crippen LogP contribution in [0.2, 0.25) is 0 Å². The first kappa shape index (κ1) is 13.8. The zero-order valence-electron chi connectivity index (χ0n) is 11.3. The van der Waals surface area contributed by atoms with Gasteiger partial charge >= 0.3 is 5.97 Å². The number of hydrogen-bond acceptors (Lipinski definition) is 4. The highest BCUT2D eigenvalue weighted by Gasteiger charge is 2.36. The second-order valence-electron chi connectivity index (χ2n) is 5.50.